The van der Waals surface area contributed by atoms with Crippen LogP contribution in [0.1, 0.15) is 18.4 Å². The zero-order valence-electron chi connectivity index (χ0n) is 13.6. The van der Waals surface area contributed by atoms with Crippen LogP contribution in [-0.4, -0.2) is 18.9 Å². The van der Waals surface area contributed by atoms with Crippen molar-refractivity contribution in [1.29, 1.82) is 0 Å². The van der Waals surface area contributed by atoms with Crippen LogP contribution in [0.4, 0.5) is 0 Å². The Bertz CT molecular complexity index is 575. The summed E-state index contributed by atoms with van der Waals surface area (Å²) in [4.78, 5) is 0. The molecule has 2 heteroatoms. The van der Waals surface area contributed by atoms with Crippen molar-refractivity contribution in [3.8, 4) is 0 Å². The molecule has 0 amide bonds. The highest BCUT2D eigenvalue weighted by Gasteiger charge is 2.30. The molecule has 0 aliphatic carbocycles. The van der Waals surface area contributed by atoms with Crippen molar-refractivity contribution in [1.82, 2.24) is 0 Å². The second-order valence-corrected chi connectivity index (χ2v) is 11.0. The molecule has 116 valence electrons. The third kappa shape index (κ3) is 4.69. The predicted octanol–water partition coefficient (Wildman–Crippen LogP) is 4.08. The van der Waals surface area contributed by atoms with Gasteiger partial charge in [-0.05, 0) is 24.8 Å². The number of allylic oxidation sites excluding steroid dienone is 1. The van der Waals surface area contributed by atoms with Crippen LogP contribution in [0.15, 0.2) is 72.8 Å². The van der Waals surface area contributed by atoms with Gasteiger partial charge in [0.1, 0.15) is 8.07 Å². The first-order chi connectivity index (χ1) is 10.6. The molecule has 1 nitrogen and oxygen atoms in total. The summed E-state index contributed by atoms with van der Waals surface area (Å²) in [5.74, 6) is 0. The minimum atomic E-state index is -1.84. The molecule has 2 aromatic rings. The van der Waals surface area contributed by atoms with Crippen LogP contribution in [0.2, 0.25) is 13.1 Å². The second kappa shape index (κ2) is 8.11. The summed E-state index contributed by atoms with van der Waals surface area (Å²) < 4.78 is 0. The number of rotatable bonds is 7. The lowest BCUT2D eigenvalue weighted by molar-refractivity contribution is 0.292. The molecule has 1 atom stereocenters. The summed E-state index contributed by atoms with van der Waals surface area (Å²) in [5, 5.41) is 11.8. The maximum Gasteiger partial charge on any atom is 0.118 e. The van der Waals surface area contributed by atoms with E-state index in [1.165, 1.54) is 10.8 Å². The molecule has 0 aliphatic heterocycles. The quantitative estimate of drug-likeness (QED) is 0.464. The van der Waals surface area contributed by atoms with Crippen molar-refractivity contribution in [2.75, 3.05) is 0 Å². The Hall–Kier alpha value is -1.64. The lowest BCUT2D eigenvalue weighted by Gasteiger charge is -2.26. The van der Waals surface area contributed by atoms with E-state index in [0.29, 0.717) is 0 Å². The van der Waals surface area contributed by atoms with E-state index >= 15 is 0 Å². The Labute approximate surface area is 135 Å². The minimum absolute atomic E-state index is 0.327. The summed E-state index contributed by atoms with van der Waals surface area (Å²) in [7, 11) is -1.84. The number of aryl methyl sites for hydroxylation is 1. The number of aliphatic hydroxyl groups is 1. The van der Waals surface area contributed by atoms with Crippen molar-refractivity contribution in [2.24, 2.45) is 0 Å². The van der Waals surface area contributed by atoms with E-state index in [2.05, 4.69) is 73.8 Å². The van der Waals surface area contributed by atoms with E-state index in [1.807, 2.05) is 12.1 Å². The number of unbranched alkanes of at least 4 members (excludes halogenated alkanes) is 1. The van der Waals surface area contributed by atoms with Gasteiger partial charge in [0.05, 0.1) is 5.73 Å². The zero-order chi connectivity index (χ0) is 15.8. The van der Waals surface area contributed by atoms with Crippen LogP contribution in [0.5, 0.6) is 0 Å². The number of aliphatic hydroxyl groups excluding tert-OH is 1. The largest absolute Gasteiger partial charge is 0.392 e. The Morgan fingerprint density at radius 2 is 1.55 bits per heavy atom. The van der Waals surface area contributed by atoms with Crippen molar-refractivity contribution in [3.05, 3.63) is 78.4 Å². The van der Waals surface area contributed by atoms with Crippen LogP contribution < -0.4 is 5.19 Å². The highest BCUT2D eigenvalue weighted by atomic mass is 28.3. The van der Waals surface area contributed by atoms with Gasteiger partial charge in [-0.2, -0.15) is 0 Å². The van der Waals surface area contributed by atoms with Crippen molar-refractivity contribution < 1.29 is 5.11 Å². The Balaban J connectivity index is 1.82. The van der Waals surface area contributed by atoms with E-state index in [9.17, 15) is 5.11 Å². The molecule has 0 heterocycles. The highest BCUT2D eigenvalue weighted by Crippen LogP contribution is 2.11. The summed E-state index contributed by atoms with van der Waals surface area (Å²) in [6, 6.07) is 21.0. The summed E-state index contributed by atoms with van der Waals surface area (Å²) in [6.07, 6.45) is 7.39. The fourth-order valence-electron chi connectivity index (χ4n) is 2.57. The fourth-order valence-corrected chi connectivity index (χ4v) is 4.58. The molecule has 22 heavy (non-hydrogen) atoms. The first-order valence-corrected chi connectivity index (χ1v) is 11.1. The molecule has 0 spiro atoms. The first-order valence-electron chi connectivity index (χ1n) is 8.05. The molecule has 0 radical (unpaired) electrons. The third-order valence-electron chi connectivity index (χ3n) is 4.25. The van der Waals surface area contributed by atoms with Crippen LogP contribution in [-0.2, 0) is 6.42 Å². The van der Waals surface area contributed by atoms with Gasteiger partial charge in [-0.15, -0.1) is 0 Å². The van der Waals surface area contributed by atoms with Gasteiger partial charge in [-0.3, -0.25) is 0 Å². The van der Waals surface area contributed by atoms with Gasteiger partial charge in [-0.1, -0.05) is 91.1 Å². The van der Waals surface area contributed by atoms with Crippen molar-refractivity contribution in [2.45, 2.75) is 38.1 Å². The van der Waals surface area contributed by atoms with Crippen LogP contribution in [0.25, 0.3) is 0 Å². The molecule has 2 rings (SSSR count). The van der Waals surface area contributed by atoms with Crippen molar-refractivity contribution in [3.63, 3.8) is 0 Å². The number of hydrogen-bond donors (Lipinski definition) is 1. The molecular formula is C20H26OSi. The molecule has 0 saturated heterocycles. The van der Waals surface area contributed by atoms with Gasteiger partial charge in [0.25, 0.3) is 0 Å². The van der Waals surface area contributed by atoms with E-state index in [-0.39, 0.29) is 5.73 Å². The van der Waals surface area contributed by atoms with Gasteiger partial charge in [-0.25, -0.2) is 0 Å². The van der Waals surface area contributed by atoms with Crippen LogP contribution >= 0.6 is 0 Å². The molecule has 0 unspecified atom stereocenters. The molecular weight excluding hydrogens is 284 g/mol. The highest BCUT2D eigenvalue weighted by molar-refractivity contribution is 6.91. The van der Waals surface area contributed by atoms with Crippen LogP contribution in [0.3, 0.4) is 0 Å². The first kappa shape index (κ1) is 16.7. The third-order valence-corrected chi connectivity index (χ3v) is 7.75. The average Bonchev–Trinajstić information content (AvgIpc) is 2.56. The van der Waals surface area contributed by atoms with Gasteiger partial charge >= 0.3 is 0 Å². The van der Waals surface area contributed by atoms with Gasteiger partial charge in [0.2, 0.25) is 0 Å². The number of benzene rings is 2. The monoisotopic (exact) mass is 310 g/mol. The average molecular weight is 311 g/mol. The van der Waals surface area contributed by atoms with E-state index in [0.717, 1.165) is 19.3 Å². The Morgan fingerprint density at radius 1 is 0.955 bits per heavy atom. The smallest absolute Gasteiger partial charge is 0.118 e. The standard InChI is InChI=1S/C20H26OSi/c1-22(2,19-15-9-5-10-16-19)20(21)17-11-4-8-14-18-12-6-3-7-13-18/h3,5-7,9-13,15-17,20-21H,4,8,14H2,1-2H3/b17-11+/t20-/m0/s1. The maximum absolute atomic E-state index is 10.5. The van der Waals surface area contributed by atoms with Crippen molar-refractivity contribution >= 4 is 13.3 Å². The lowest BCUT2D eigenvalue weighted by atomic mass is 10.1. The second-order valence-electron chi connectivity index (χ2n) is 6.34. The van der Waals surface area contributed by atoms with Crippen LogP contribution in [0, 0.1) is 0 Å². The van der Waals surface area contributed by atoms with Gasteiger partial charge < -0.3 is 5.11 Å². The minimum Gasteiger partial charge on any atom is -0.392 e. The lowest BCUT2D eigenvalue weighted by Crippen LogP contribution is -2.51. The number of hydrogen-bond acceptors (Lipinski definition) is 1. The molecule has 0 aliphatic rings. The molecule has 0 saturated carbocycles. The van der Waals surface area contributed by atoms with Gasteiger partial charge in [0.15, 0.2) is 0 Å². The van der Waals surface area contributed by atoms with E-state index < -0.39 is 8.07 Å². The Morgan fingerprint density at radius 3 is 2.18 bits per heavy atom. The topological polar surface area (TPSA) is 20.2 Å². The zero-order valence-corrected chi connectivity index (χ0v) is 14.6. The normalized spacial score (nSPS) is 13.4. The summed E-state index contributed by atoms with van der Waals surface area (Å²) >= 11 is 0. The van der Waals surface area contributed by atoms with Gasteiger partial charge in [0, 0.05) is 0 Å². The maximum atomic E-state index is 10.5. The Kier molecular flexibility index (Phi) is 6.17. The predicted molar refractivity (Wildman–Crippen MR) is 98.1 cm³/mol. The summed E-state index contributed by atoms with van der Waals surface area (Å²) in [6.45, 7) is 4.45. The van der Waals surface area contributed by atoms with E-state index in [1.54, 1.807) is 0 Å². The summed E-state index contributed by atoms with van der Waals surface area (Å²) in [5.41, 5.74) is 1.06. The SMILES string of the molecule is C[Si](C)(c1ccccc1)[C@H](O)/C=C/CCCc1ccccc1. The molecule has 0 bridgehead atoms. The molecule has 1 N–H and O–H groups in total. The molecule has 0 fully saturated rings. The fraction of sp³-hybridized carbons (Fsp3) is 0.300. The molecule has 0 aromatic heterocycles. The van der Waals surface area contributed by atoms with E-state index in [4.69, 9.17) is 0 Å². The molecule has 2 aromatic carbocycles.